The Bertz CT molecular complexity index is 1390. The number of amides is 3. The molecular weight excluding hydrogens is 564 g/mol. The van der Waals surface area contributed by atoms with E-state index in [0.717, 1.165) is 44.3 Å². The van der Waals surface area contributed by atoms with Crippen LogP contribution in [0.1, 0.15) is 49.7 Å². The number of hydrogen-bond acceptors (Lipinski definition) is 5. The van der Waals surface area contributed by atoms with Crippen molar-refractivity contribution in [2.24, 2.45) is 11.8 Å². The third kappa shape index (κ3) is 5.85. The number of carbonyl (C=O) groups is 3. The summed E-state index contributed by atoms with van der Waals surface area (Å²) in [5.41, 5.74) is 1.53. The Morgan fingerprint density at radius 3 is 2.60 bits per heavy atom. The highest BCUT2D eigenvalue weighted by molar-refractivity contribution is 6.31. The van der Waals surface area contributed by atoms with Crippen LogP contribution < -0.4 is 10.6 Å². The van der Waals surface area contributed by atoms with Crippen molar-refractivity contribution < 1.29 is 19.1 Å². The minimum Gasteiger partial charge on any atom is -0.359 e. The third-order valence-corrected chi connectivity index (χ3v) is 9.96. The van der Waals surface area contributed by atoms with E-state index in [4.69, 9.17) is 16.3 Å². The fourth-order valence-corrected chi connectivity index (χ4v) is 7.60. The maximum absolute atomic E-state index is 14.2. The number of nitrogens with one attached hydrogen (secondary N) is 2. The monoisotopic (exact) mass is 604 g/mol. The molecule has 5 atom stereocenters. The molecular formula is C34H41ClN4O4. The van der Waals surface area contributed by atoms with Gasteiger partial charge in [-0.3, -0.25) is 14.4 Å². The second-order valence-corrected chi connectivity index (χ2v) is 13.0. The number of hydrogen-bond donors (Lipinski definition) is 2. The van der Waals surface area contributed by atoms with Crippen LogP contribution in [-0.2, 0) is 25.7 Å². The number of fused-ring (bicyclic) bond motifs is 1. The van der Waals surface area contributed by atoms with Crippen LogP contribution in [-0.4, -0.2) is 71.4 Å². The Hall–Kier alpha value is -3.20. The van der Waals surface area contributed by atoms with Crippen LogP contribution in [0.3, 0.4) is 0 Å². The molecule has 0 radical (unpaired) electrons. The predicted octanol–water partition coefficient (Wildman–Crippen LogP) is 4.71. The van der Waals surface area contributed by atoms with Crippen molar-refractivity contribution in [2.75, 3.05) is 25.5 Å². The summed E-state index contributed by atoms with van der Waals surface area (Å²) in [6.45, 7) is 3.86. The summed E-state index contributed by atoms with van der Waals surface area (Å²) in [6.07, 6.45) is 9.09. The van der Waals surface area contributed by atoms with Crippen LogP contribution in [0.4, 0.5) is 5.69 Å². The van der Waals surface area contributed by atoms with Crippen LogP contribution in [0.15, 0.2) is 60.7 Å². The first kappa shape index (κ1) is 29.9. The normalized spacial score (nSPS) is 28.0. The van der Waals surface area contributed by atoms with Crippen LogP contribution in [0.2, 0.25) is 5.02 Å². The van der Waals surface area contributed by atoms with E-state index in [9.17, 15) is 14.4 Å². The highest BCUT2D eigenvalue weighted by Gasteiger charge is 2.72. The fraction of sp³-hybridized carbons (Fsp3) is 0.500. The number of anilines is 1. The second-order valence-electron chi connectivity index (χ2n) is 12.6. The van der Waals surface area contributed by atoms with Gasteiger partial charge in [-0.2, -0.15) is 0 Å². The topological polar surface area (TPSA) is 91.0 Å². The van der Waals surface area contributed by atoms with Gasteiger partial charge < -0.3 is 25.2 Å². The molecule has 3 amide bonds. The largest absolute Gasteiger partial charge is 0.359 e. The number of aryl methyl sites for hydroxylation is 1. The summed E-state index contributed by atoms with van der Waals surface area (Å²) in [7, 11) is 2.06. The van der Waals surface area contributed by atoms with Crippen LogP contribution in [0, 0.1) is 18.8 Å². The first-order chi connectivity index (χ1) is 20.8. The number of nitrogens with zero attached hydrogens (tertiary/aromatic N) is 2. The van der Waals surface area contributed by atoms with E-state index in [1.165, 1.54) is 12.0 Å². The van der Waals surface area contributed by atoms with Crippen LogP contribution in [0.25, 0.3) is 0 Å². The van der Waals surface area contributed by atoms with Gasteiger partial charge in [-0.1, -0.05) is 79.4 Å². The molecule has 2 N–H and O–H groups in total. The lowest BCUT2D eigenvalue weighted by Crippen LogP contribution is -2.56. The van der Waals surface area contributed by atoms with E-state index in [-0.39, 0.29) is 23.8 Å². The Balaban J connectivity index is 1.21. The summed E-state index contributed by atoms with van der Waals surface area (Å²) in [4.78, 5) is 45.9. The van der Waals surface area contributed by atoms with Gasteiger partial charge in [-0.25, -0.2) is 0 Å². The first-order valence-electron chi connectivity index (χ1n) is 15.5. The van der Waals surface area contributed by atoms with Gasteiger partial charge >= 0.3 is 0 Å². The molecule has 3 fully saturated rings. The zero-order valence-corrected chi connectivity index (χ0v) is 25.7. The number of ether oxygens (including phenoxy) is 1. The highest BCUT2D eigenvalue weighted by atomic mass is 35.5. The molecule has 9 heteroatoms. The first-order valence-corrected chi connectivity index (χ1v) is 15.9. The summed E-state index contributed by atoms with van der Waals surface area (Å²) in [5, 5.41) is 6.77. The van der Waals surface area contributed by atoms with Crippen molar-refractivity contribution in [3.05, 3.63) is 76.8 Å². The van der Waals surface area contributed by atoms with Crippen molar-refractivity contribution in [1.82, 2.24) is 15.1 Å². The van der Waals surface area contributed by atoms with E-state index in [1.807, 2.05) is 43.3 Å². The molecule has 228 valence electrons. The van der Waals surface area contributed by atoms with Crippen molar-refractivity contribution in [3.8, 4) is 0 Å². The highest BCUT2D eigenvalue weighted by Crippen LogP contribution is 2.55. The Kier molecular flexibility index (Phi) is 8.63. The van der Waals surface area contributed by atoms with Crippen LogP contribution >= 0.6 is 11.6 Å². The molecule has 1 spiro atoms. The average molecular weight is 605 g/mol. The van der Waals surface area contributed by atoms with Gasteiger partial charge in [0.1, 0.15) is 11.6 Å². The zero-order chi connectivity index (χ0) is 30.1. The summed E-state index contributed by atoms with van der Waals surface area (Å²) < 4.78 is 6.50. The number of halogens is 1. The number of carbonyl (C=O) groups excluding carboxylic acids is 3. The molecule has 1 saturated carbocycles. The van der Waals surface area contributed by atoms with Crippen molar-refractivity contribution in [3.63, 3.8) is 0 Å². The van der Waals surface area contributed by atoms with E-state index in [2.05, 4.69) is 34.7 Å². The lowest BCUT2D eigenvalue weighted by Gasteiger charge is -2.34. The molecule has 2 saturated heterocycles. The SMILES string of the molecule is Cc1ccc(NC(=O)[C@@H]2[C@H]3C=C[C@@]4(O3)[C@H]2C(=O)N(CCCN(C)Cc2ccccc2)[C@@H]4C(=O)NC2CCCCC2)cc1Cl. The summed E-state index contributed by atoms with van der Waals surface area (Å²) in [6, 6.07) is 14.9. The molecule has 2 bridgehead atoms. The lowest BCUT2D eigenvalue weighted by atomic mass is 9.74. The summed E-state index contributed by atoms with van der Waals surface area (Å²) >= 11 is 6.30. The second kappa shape index (κ2) is 12.4. The van der Waals surface area contributed by atoms with Gasteiger partial charge in [-0.05, 0) is 63.0 Å². The molecule has 8 nitrogen and oxygen atoms in total. The van der Waals surface area contributed by atoms with Gasteiger partial charge in [0.25, 0.3) is 0 Å². The fourth-order valence-electron chi connectivity index (χ4n) is 7.42. The minimum absolute atomic E-state index is 0.0959. The maximum Gasteiger partial charge on any atom is 0.246 e. The molecule has 6 rings (SSSR count). The zero-order valence-electron chi connectivity index (χ0n) is 24.9. The molecule has 0 aromatic heterocycles. The van der Waals surface area contributed by atoms with Crippen LogP contribution in [0.5, 0.6) is 0 Å². The van der Waals surface area contributed by atoms with Gasteiger partial charge in [0, 0.05) is 29.8 Å². The molecule has 3 aliphatic heterocycles. The molecule has 43 heavy (non-hydrogen) atoms. The smallest absolute Gasteiger partial charge is 0.246 e. The van der Waals surface area contributed by atoms with Gasteiger partial charge in [0.05, 0.1) is 17.9 Å². The van der Waals surface area contributed by atoms with Crippen molar-refractivity contribution >= 4 is 35.0 Å². The van der Waals surface area contributed by atoms with Crippen molar-refractivity contribution in [1.29, 1.82) is 0 Å². The molecule has 1 aliphatic carbocycles. The van der Waals surface area contributed by atoms with Gasteiger partial charge in [0.15, 0.2) is 0 Å². The molecule has 2 aromatic carbocycles. The third-order valence-electron chi connectivity index (χ3n) is 9.55. The summed E-state index contributed by atoms with van der Waals surface area (Å²) in [5.74, 6) is -2.19. The number of likely N-dealkylation sites (tertiary alicyclic amines) is 1. The predicted molar refractivity (Wildman–Crippen MR) is 166 cm³/mol. The van der Waals surface area contributed by atoms with E-state index < -0.39 is 29.6 Å². The Morgan fingerprint density at radius 2 is 1.86 bits per heavy atom. The van der Waals surface area contributed by atoms with E-state index in [1.54, 1.807) is 17.0 Å². The van der Waals surface area contributed by atoms with Gasteiger partial charge in [0.2, 0.25) is 17.7 Å². The maximum atomic E-state index is 14.2. The average Bonchev–Trinajstić information content (AvgIpc) is 3.63. The van der Waals surface area contributed by atoms with E-state index in [0.29, 0.717) is 23.7 Å². The molecule has 3 heterocycles. The quantitative estimate of drug-likeness (QED) is 0.384. The Morgan fingerprint density at radius 1 is 1.09 bits per heavy atom. The molecule has 2 aromatic rings. The van der Waals surface area contributed by atoms with Crippen molar-refractivity contribution in [2.45, 2.75) is 75.8 Å². The Labute approximate surface area is 258 Å². The van der Waals surface area contributed by atoms with Gasteiger partial charge in [-0.15, -0.1) is 0 Å². The number of rotatable bonds is 10. The molecule has 0 unspecified atom stereocenters. The minimum atomic E-state index is -1.16. The molecule has 4 aliphatic rings. The lowest BCUT2D eigenvalue weighted by molar-refractivity contribution is -0.141. The van der Waals surface area contributed by atoms with E-state index >= 15 is 0 Å². The standard InChI is InChI=1S/C34H41ClN4O4/c1-22-14-15-25(20-26(22)35)37-31(40)28-27-16-17-34(43-27)29(28)33(42)39(30(34)32(41)36-24-12-7-4-8-13-24)19-9-18-38(2)21-23-10-5-3-6-11-23/h3,5-6,10-11,14-17,20,24,27-30H,4,7-9,12-13,18-19,21H2,1-2H3,(H,36,41)(H,37,40)/t27-,28-,29-,30-,34-/m1/s1. The number of benzene rings is 2.